The molecule has 3 aromatic rings. The summed E-state index contributed by atoms with van der Waals surface area (Å²) < 4.78 is 5.35. The van der Waals surface area contributed by atoms with E-state index in [-0.39, 0.29) is 17.0 Å². The Labute approximate surface area is 109 Å². The number of aromatic nitrogens is 2. The van der Waals surface area contributed by atoms with E-state index in [1.165, 1.54) is 5.56 Å². The maximum absolute atomic E-state index is 5.35. The number of benzene rings is 1. The van der Waals surface area contributed by atoms with Crippen LogP contribution in [0.3, 0.4) is 0 Å². The normalized spacial score (nSPS) is 10.1. The second-order valence-electron chi connectivity index (χ2n) is 3.66. The Bertz CT molecular complexity index is 607. The van der Waals surface area contributed by atoms with E-state index in [0.29, 0.717) is 0 Å². The van der Waals surface area contributed by atoms with Gasteiger partial charge in [0.15, 0.2) is 0 Å². The first kappa shape index (κ1) is 11.8. The van der Waals surface area contributed by atoms with Gasteiger partial charge in [-0.15, -0.1) is 17.0 Å². The van der Waals surface area contributed by atoms with Gasteiger partial charge in [0.1, 0.15) is 11.3 Å². The Hall–Kier alpha value is -1.68. The highest BCUT2D eigenvalue weighted by Crippen LogP contribution is 2.20. The molecule has 0 spiro atoms. The highest BCUT2D eigenvalue weighted by molar-refractivity contribution is 8.93. The van der Waals surface area contributed by atoms with E-state index in [0.717, 1.165) is 23.1 Å². The van der Waals surface area contributed by atoms with Gasteiger partial charge in [0, 0.05) is 24.2 Å². The summed E-state index contributed by atoms with van der Waals surface area (Å²) in [5, 5.41) is 5.11. The average Bonchev–Trinajstić information content (AvgIpc) is 2.74. The van der Waals surface area contributed by atoms with Crippen LogP contribution in [0.25, 0.3) is 10.9 Å². The maximum atomic E-state index is 5.35. The van der Waals surface area contributed by atoms with Crippen LogP contribution < -0.4 is 0 Å². The van der Waals surface area contributed by atoms with Crippen LogP contribution in [0.5, 0.6) is 0 Å². The van der Waals surface area contributed by atoms with Gasteiger partial charge in [-0.1, -0.05) is 17.3 Å². The second-order valence-corrected chi connectivity index (χ2v) is 3.66. The SMILES string of the molecule is Br.c1ccc2c(Cc3ccncc3)onc2c1. The van der Waals surface area contributed by atoms with E-state index in [9.17, 15) is 0 Å². The number of rotatable bonds is 2. The molecule has 3 rings (SSSR count). The molecule has 0 radical (unpaired) electrons. The summed E-state index contributed by atoms with van der Waals surface area (Å²) in [6.07, 6.45) is 4.32. The first-order valence-corrected chi connectivity index (χ1v) is 5.16. The van der Waals surface area contributed by atoms with E-state index in [1.807, 2.05) is 36.4 Å². The molecule has 2 heterocycles. The van der Waals surface area contributed by atoms with Gasteiger partial charge < -0.3 is 4.52 Å². The largest absolute Gasteiger partial charge is 0.360 e. The molecule has 0 aliphatic heterocycles. The zero-order chi connectivity index (χ0) is 10.8. The lowest BCUT2D eigenvalue weighted by Crippen LogP contribution is -1.86. The van der Waals surface area contributed by atoms with Gasteiger partial charge in [0.2, 0.25) is 0 Å². The van der Waals surface area contributed by atoms with Gasteiger partial charge in [-0.05, 0) is 29.8 Å². The summed E-state index contributed by atoms with van der Waals surface area (Å²) in [6.45, 7) is 0. The summed E-state index contributed by atoms with van der Waals surface area (Å²) in [5.74, 6) is 0.904. The molecule has 0 aliphatic carbocycles. The topological polar surface area (TPSA) is 38.9 Å². The van der Waals surface area contributed by atoms with E-state index >= 15 is 0 Å². The summed E-state index contributed by atoms with van der Waals surface area (Å²) in [7, 11) is 0. The van der Waals surface area contributed by atoms with Crippen molar-refractivity contribution in [3.05, 3.63) is 60.1 Å². The molecule has 0 saturated carbocycles. The third kappa shape index (κ3) is 2.36. The Morgan fingerprint density at radius 1 is 1.00 bits per heavy atom. The first-order valence-electron chi connectivity index (χ1n) is 5.16. The number of hydrogen-bond donors (Lipinski definition) is 0. The lowest BCUT2D eigenvalue weighted by atomic mass is 10.1. The van der Waals surface area contributed by atoms with Crippen molar-refractivity contribution in [2.45, 2.75) is 6.42 Å². The number of pyridine rings is 1. The number of hydrogen-bond acceptors (Lipinski definition) is 3. The van der Waals surface area contributed by atoms with Gasteiger partial charge in [-0.2, -0.15) is 0 Å². The molecule has 0 unspecified atom stereocenters. The highest BCUT2D eigenvalue weighted by atomic mass is 79.9. The van der Waals surface area contributed by atoms with E-state index in [1.54, 1.807) is 12.4 Å². The van der Waals surface area contributed by atoms with Crippen LogP contribution in [0, 0.1) is 0 Å². The lowest BCUT2D eigenvalue weighted by molar-refractivity contribution is 0.397. The minimum Gasteiger partial charge on any atom is -0.360 e. The molecule has 0 aliphatic rings. The van der Waals surface area contributed by atoms with Crippen LogP contribution in [0.4, 0.5) is 0 Å². The molecule has 1 aromatic carbocycles. The fourth-order valence-corrected chi connectivity index (χ4v) is 1.76. The van der Waals surface area contributed by atoms with Gasteiger partial charge in [0.05, 0.1) is 0 Å². The standard InChI is InChI=1S/C13H10N2O.BrH/c1-2-4-12-11(3-1)13(16-15-12)9-10-5-7-14-8-6-10;/h1-8H,9H2;1H. The number of nitrogens with zero attached hydrogens (tertiary/aromatic N) is 2. The molecule has 0 bridgehead atoms. The quantitative estimate of drug-likeness (QED) is 0.726. The molecule has 86 valence electrons. The fourth-order valence-electron chi connectivity index (χ4n) is 1.76. The molecular weight excluding hydrogens is 280 g/mol. The highest BCUT2D eigenvalue weighted by Gasteiger charge is 2.07. The molecule has 0 saturated heterocycles. The second kappa shape index (κ2) is 5.10. The zero-order valence-corrected chi connectivity index (χ0v) is 10.7. The molecule has 0 N–H and O–H groups in total. The van der Waals surface area contributed by atoms with Gasteiger partial charge in [-0.25, -0.2) is 0 Å². The molecule has 3 nitrogen and oxygen atoms in total. The van der Waals surface area contributed by atoms with Crippen molar-refractivity contribution in [2.75, 3.05) is 0 Å². The summed E-state index contributed by atoms with van der Waals surface area (Å²) >= 11 is 0. The van der Waals surface area contributed by atoms with Crippen LogP contribution in [-0.2, 0) is 6.42 Å². The van der Waals surface area contributed by atoms with Gasteiger partial charge >= 0.3 is 0 Å². The van der Waals surface area contributed by atoms with Crippen LogP contribution in [0.15, 0.2) is 53.3 Å². The van der Waals surface area contributed by atoms with E-state index in [4.69, 9.17) is 4.52 Å². The molecule has 2 aromatic heterocycles. The van der Waals surface area contributed by atoms with Gasteiger partial charge in [-0.3, -0.25) is 4.98 Å². The van der Waals surface area contributed by atoms with Crippen molar-refractivity contribution < 1.29 is 4.52 Å². The Kier molecular flexibility index (Phi) is 3.54. The molecule has 17 heavy (non-hydrogen) atoms. The van der Waals surface area contributed by atoms with E-state index in [2.05, 4.69) is 10.1 Å². The number of fused-ring (bicyclic) bond motifs is 1. The third-order valence-electron chi connectivity index (χ3n) is 2.57. The fraction of sp³-hybridized carbons (Fsp3) is 0.0769. The van der Waals surface area contributed by atoms with Crippen LogP contribution >= 0.6 is 17.0 Å². The molecule has 0 atom stereocenters. The van der Waals surface area contributed by atoms with Gasteiger partial charge in [0.25, 0.3) is 0 Å². The first-order chi connectivity index (χ1) is 7.93. The van der Waals surface area contributed by atoms with Crippen molar-refractivity contribution in [3.63, 3.8) is 0 Å². The Morgan fingerprint density at radius 3 is 2.59 bits per heavy atom. The Morgan fingerprint density at radius 2 is 1.76 bits per heavy atom. The van der Waals surface area contributed by atoms with Crippen LogP contribution in [0.2, 0.25) is 0 Å². The molecule has 4 heteroatoms. The monoisotopic (exact) mass is 290 g/mol. The number of halogens is 1. The predicted octanol–water partition coefficient (Wildman–Crippen LogP) is 3.39. The lowest BCUT2D eigenvalue weighted by Gasteiger charge is -1.96. The van der Waals surface area contributed by atoms with Crippen LogP contribution in [-0.4, -0.2) is 10.1 Å². The smallest absolute Gasteiger partial charge is 0.148 e. The van der Waals surface area contributed by atoms with Crippen molar-refractivity contribution >= 4 is 27.9 Å². The predicted molar refractivity (Wildman–Crippen MR) is 71.4 cm³/mol. The van der Waals surface area contributed by atoms with Crippen molar-refractivity contribution in [3.8, 4) is 0 Å². The van der Waals surface area contributed by atoms with E-state index < -0.39 is 0 Å². The minimum absolute atomic E-state index is 0. The average molecular weight is 291 g/mol. The maximum Gasteiger partial charge on any atom is 0.148 e. The Balaban J connectivity index is 0.00000108. The van der Waals surface area contributed by atoms with Crippen molar-refractivity contribution in [2.24, 2.45) is 0 Å². The molecule has 0 fully saturated rings. The summed E-state index contributed by atoms with van der Waals surface area (Å²) in [4.78, 5) is 3.99. The van der Waals surface area contributed by atoms with Crippen molar-refractivity contribution in [1.29, 1.82) is 0 Å². The third-order valence-corrected chi connectivity index (χ3v) is 2.57. The summed E-state index contributed by atoms with van der Waals surface area (Å²) in [5.41, 5.74) is 2.09. The zero-order valence-electron chi connectivity index (χ0n) is 9.04. The van der Waals surface area contributed by atoms with Crippen LogP contribution in [0.1, 0.15) is 11.3 Å². The molecule has 0 amide bonds. The minimum atomic E-state index is 0. The summed E-state index contributed by atoms with van der Waals surface area (Å²) in [6, 6.07) is 11.9. The molecular formula is C13H11BrN2O. The van der Waals surface area contributed by atoms with Crippen molar-refractivity contribution in [1.82, 2.24) is 10.1 Å².